The zero-order chi connectivity index (χ0) is 20.2. The van der Waals surface area contributed by atoms with Crippen LogP contribution in [-0.2, 0) is 18.9 Å². The highest BCUT2D eigenvalue weighted by Crippen LogP contribution is 2.27. The Kier molecular flexibility index (Phi) is 6.75. The third kappa shape index (κ3) is 7.76. The molecule has 2 N–H and O–H groups in total. The number of nitrogens with one attached hydrogen (secondary N) is 2. The molecule has 8 nitrogen and oxygen atoms in total. The van der Waals surface area contributed by atoms with Crippen LogP contribution in [0, 0.1) is 0 Å². The van der Waals surface area contributed by atoms with Crippen LogP contribution in [0.1, 0.15) is 54.4 Å². The van der Waals surface area contributed by atoms with Gasteiger partial charge < -0.3 is 29.6 Å². The normalized spacial score (nSPS) is 29.7. The number of alkyl carbamates (subject to hydrolysis) is 2. The van der Waals surface area contributed by atoms with Crippen LogP contribution >= 0.6 is 0 Å². The lowest BCUT2D eigenvalue weighted by atomic mass is 9.97. The molecule has 0 saturated carbocycles. The van der Waals surface area contributed by atoms with Gasteiger partial charge in [-0.3, -0.25) is 0 Å². The number of fused-ring (bicyclic) bond motifs is 1. The van der Waals surface area contributed by atoms with E-state index in [4.69, 9.17) is 18.9 Å². The fraction of sp³-hybridized carbons (Fsp3) is 0.789. The van der Waals surface area contributed by atoms with Gasteiger partial charge in [0.15, 0.2) is 0 Å². The molecule has 0 radical (unpaired) electrons. The summed E-state index contributed by atoms with van der Waals surface area (Å²) in [5.41, 5.74) is -0.788. The van der Waals surface area contributed by atoms with Crippen molar-refractivity contribution in [2.45, 2.75) is 89.9 Å². The summed E-state index contributed by atoms with van der Waals surface area (Å²) in [6.07, 6.45) is 2.01. The highest BCUT2D eigenvalue weighted by atomic mass is 16.7. The molecule has 1 fully saturated rings. The maximum Gasteiger partial charge on any atom is 0.408 e. The SMILES string of the molecule is CC(C)(C)NC(=O)OC1/C=C/C(OC(=O)NC(C)(C)C)CC2OCOC2C1. The first-order valence-electron chi connectivity index (χ1n) is 9.30. The van der Waals surface area contributed by atoms with Gasteiger partial charge in [0.05, 0.1) is 12.2 Å². The average Bonchev–Trinajstić information content (AvgIpc) is 2.84. The minimum absolute atomic E-state index is 0.178. The van der Waals surface area contributed by atoms with Gasteiger partial charge in [0.1, 0.15) is 19.0 Å². The van der Waals surface area contributed by atoms with Gasteiger partial charge in [-0.05, 0) is 53.7 Å². The molecule has 0 bridgehead atoms. The molecule has 2 amide bonds. The minimum Gasteiger partial charge on any atom is -0.442 e. The van der Waals surface area contributed by atoms with Gasteiger partial charge in [-0.25, -0.2) is 9.59 Å². The van der Waals surface area contributed by atoms with Crippen LogP contribution < -0.4 is 10.6 Å². The Morgan fingerprint density at radius 1 is 0.815 bits per heavy atom. The van der Waals surface area contributed by atoms with E-state index >= 15 is 0 Å². The van der Waals surface area contributed by atoms with Crippen molar-refractivity contribution in [1.82, 2.24) is 10.6 Å². The number of carbonyl (C=O) groups excluding carboxylic acids is 2. The number of ether oxygens (including phenoxy) is 4. The van der Waals surface area contributed by atoms with Crippen molar-refractivity contribution >= 4 is 12.2 Å². The molecule has 4 unspecified atom stereocenters. The van der Waals surface area contributed by atoms with Crippen LogP contribution in [0.25, 0.3) is 0 Å². The number of rotatable bonds is 2. The largest absolute Gasteiger partial charge is 0.442 e. The lowest BCUT2D eigenvalue weighted by molar-refractivity contribution is 0.0264. The van der Waals surface area contributed by atoms with Gasteiger partial charge >= 0.3 is 12.2 Å². The van der Waals surface area contributed by atoms with Crippen molar-refractivity contribution in [3.05, 3.63) is 12.2 Å². The molecule has 0 spiro atoms. The average molecular weight is 384 g/mol. The van der Waals surface area contributed by atoms with Crippen LogP contribution in [0.15, 0.2) is 12.2 Å². The summed E-state index contributed by atoms with van der Waals surface area (Å²) in [4.78, 5) is 24.2. The molecule has 1 saturated heterocycles. The Hall–Kier alpha value is -1.80. The van der Waals surface area contributed by atoms with Crippen molar-refractivity contribution in [3.8, 4) is 0 Å². The molecule has 2 aliphatic rings. The van der Waals surface area contributed by atoms with Crippen LogP contribution in [-0.4, -0.2) is 54.5 Å². The van der Waals surface area contributed by atoms with Crippen LogP contribution in [0.4, 0.5) is 9.59 Å². The highest BCUT2D eigenvalue weighted by Gasteiger charge is 2.36. The van der Waals surface area contributed by atoms with E-state index in [9.17, 15) is 9.59 Å². The van der Waals surface area contributed by atoms with Gasteiger partial charge in [-0.15, -0.1) is 0 Å². The predicted molar refractivity (Wildman–Crippen MR) is 99.3 cm³/mol. The summed E-state index contributed by atoms with van der Waals surface area (Å²) in [6.45, 7) is 11.5. The lowest BCUT2D eigenvalue weighted by Gasteiger charge is -2.29. The maximum absolute atomic E-state index is 12.1. The molecule has 4 atom stereocenters. The minimum atomic E-state index is -0.504. The van der Waals surface area contributed by atoms with Gasteiger partial charge in [-0.2, -0.15) is 0 Å². The third-order valence-electron chi connectivity index (χ3n) is 3.92. The van der Waals surface area contributed by atoms with Crippen LogP contribution in [0.2, 0.25) is 0 Å². The van der Waals surface area contributed by atoms with Crippen molar-refractivity contribution in [3.63, 3.8) is 0 Å². The van der Waals surface area contributed by atoms with Crippen molar-refractivity contribution in [2.24, 2.45) is 0 Å². The Morgan fingerprint density at radius 2 is 1.19 bits per heavy atom. The molecule has 0 aromatic rings. The molecule has 8 heteroatoms. The fourth-order valence-corrected chi connectivity index (χ4v) is 2.85. The highest BCUT2D eigenvalue weighted by molar-refractivity contribution is 5.69. The number of amides is 2. The second-order valence-electron chi connectivity index (χ2n) is 9.02. The van der Waals surface area contributed by atoms with Crippen molar-refractivity contribution < 1.29 is 28.5 Å². The van der Waals surface area contributed by atoms with E-state index in [-0.39, 0.29) is 19.0 Å². The summed E-state index contributed by atoms with van der Waals surface area (Å²) < 4.78 is 22.3. The van der Waals surface area contributed by atoms with Crippen molar-refractivity contribution in [1.29, 1.82) is 0 Å². The summed E-state index contributed by atoms with van der Waals surface area (Å²) in [7, 11) is 0. The molecule has 2 rings (SSSR count). The fourth-order valence-electron chi connectivity index (χ4n) is 2.85. The summed E-state index contributed by atoms with van der Waals surface area (Å²) in [5.74, 6) is 0. The molecular formula is C19H32N2O6. The van der Waals surface area contributed by atoms with E-state index in [1.54, 1.807) is 12.2 Å². The standard InChI is InChI=1S/C19H32N2O6/c1-18(2,3)20-16(22)26-12-7-8-13(27-17(23)21-19(4,5)6)10-15-14(9-12)24-11-25-15/h7-8,12-15H,9-11H2,1-6H3,(H,20,22)(H,21,23)/b8-7+. The Balaban J connectivity index is 2.04. The second-order valence-corrected chi connectivity index (χ2v) is 9.02. The molecule has 0 aromatic carbocycles. The maximum atomic E-state index is 12.1. The van der Waals surface area contributed by atoms with Crippen LogP contribution in [0.3, 0.4) is 0 Å². The topological polar surface area (TPSA) is 95.1 Å². The summed E-state index contributed by atoms with van der Waals surface area (Å²) in [6, 6.07) is 0. The van der Waals surface area contributed by atoms with Crippen LogP contribution in [0.5, 0.6) is 0 Å². The Labute approximate surface area is 160 Å². The van der Waals surface area contributed by atoms with E-state index in [1.165, 1.54) is 0 Å². The summed E-state index contributed by atoms with van der Waals surface area (Å²) >= 11 is 0. The molecule has 1 aliphatic heterocycles. The third-order valence-corrected chi connectivity index (χ3v) is 3.92. The Bertz CT molecular complexity index is 516. The molecular weight excluding hydrogens is 352 g/mol. The zero-order valence-electron chi connectivity index (χ0n) is 17.0. The number of carbonyl (C=O) groups is 2. The molecule has 154 valence electrons. The van der Waals surface area contributed by atoms with Crippen molar-refractivity contribution in [2.75, 3.05) is 6.79 Å². The van der Waals surface area contributed by atoms with Gasteiger partial charge in [-0.1, -0.05) is 0 Å². The van der Waals surface area contributed by atoms with Gasteiger partial charge in [0.25, 0.3) is 0 Å². The zero-order valence-corrected chi connectivity index (χ0v) is 17.0. The van der Waals surface area contributed by atoms with E-state index in [0.29, 0.717) is 12.8 Å². The van der Waals surface area contributed by atoms with E-state index in [1.807, 2.05) is 41.5 Å². The number of hydrogen-bond acceptors (Lipinski definition) is 6. The predicted octanol–water partition coefficient (Wildman–Crippen LogP) is 2.86. The molecule has 27 heavy (non-hydrogen) atoms. The smallest absolute Gasteiger partial charge is 0.408 e. The molecule has 1 heterocycles. The number of hydrogen-bond donors (Lipinski definition) is 2. The monoisotopic (exact) mass is 384 g/mol. The lowest BCUT2D eigenvalue weighted by Crippen LogP contribution is -2.44. The molecule has 1 aliphatic carbocycles. The Morgan fingerprint density at radius 3 is 1.52 bits per heavy atom. The first kappa shape index (κ1) is 21.5. The quantitative estimate of drug-likeness (QED) is 0.711. The second kappa shape index (κ2) is 8.48. The van der Waals surface area contributed by atoms with E-state index < -0.39 is 35.5 Å². The first-order valence-corrected chi connectivity index (χ1v) is 9.30. The van der Waals surface area contributed by atoms with E-state index in [2.05, 4.69) is 10.6 Å². The van der Waals surface area contributed by atoms with Gasteiger partial charge in [0, 0.05) is 23.9 Å². The van der Waals surface area contributed by atoms with Gasteiger partial charge in [0.2, 0.25) is 0 Å². The first-order chi connectivity index (χ1) is 12.4. The molecule has 0 aromatic heterocycles. The summed E-state index contributed by atoms with van der Waals surface area (Å²) in [5, 5.41) is 5.54. The van der Waals surface area contributed by atoms with E-state index in [0.717, 1.165) is 0 Å².